The van der Waals surface area contributed by atoms with Crippen molar-refractivity contribution >= 4 is 29.8 Å². The molecule has 12 heteroatoms. The highest BCUT2D eigenvalue weighted by molar-refractivity contribution is 6.01. The van der Waals surface area contributed by atoms with Crippen LogP contribution in [-0.4, -0.2) is 58.8 Å². The first-order chi connectivity index (χ1) is 15.2. The third-order valence-electron chi connectivity index (χ3n) is 4.26. The summed E-state index contributed by atoms with van der Waals surface area (Å²) < 4.78 is 14.4. The molecule has 0 fully saturated rings. The highest BCUT2D eigenvalue weighted by atomic mass is 16.7. The molecule has 168 valence electrons. The Morgan fingerprint density at radius 3 is 2.59 bits per heavy atom. The van der Waals surface area contributed by atoms with E-state index in [0.29, 0.717) is 13.1 Å². The normalized spacial score (nSPS) is 15.0. The van der Waals surface area contributed by atoms with E-state index in [1.165, 1.54) is 11.0 Å². The van der Waals surface area contributed by atoms with Crippen LogP contribution in [0.2, 0.25) is 0 Å². The molecule has 0 aromatic heterocycles. The Kier molecular flexibility index (Phi) is 7.89. The molecule has 1 amide bonds. The second-order valence-corrected chi connectivity index (χ2v) is 6.29. The molecular weight excluding hydrogens is 426 g/mol. The van der Waals surface area contributed by atoms with Crippen molar-refractivity contribution in [3.63, 3.8) is 0 Å². The van der Waals surface area contributed by atoms with Crippen molar-refractivity contribution in [1.82, 2.24) is 4.90 Å². The number of carbonyl (C=O) groups excluding carboxylic acids is 3. The Balaban J connectivity index is 2.30. The zero-order chi connectivity index (χ0) is 23.8. The van der Waals surface area contributed by atoms with E-state index in [1.54, 1.807) is 19.9 Å². The standard InChI is InChI=1S/C20H19N3O9/c1-3-22(4-2)19(26)13(10-21)7-12-8-15(23(28)29)18(25)16(9-12)32-20(27)30-11-14-5-6-17(24)31-14/h5-9,14,25H,3-4,11H2,1-2H3. The van der Waals surface area contributed by atoms with Crippen LogP contribution in [0.1, 0.15) is 19.4 Å². The summed E-state index contributed by atoms with van der Waals surface area (Å²) in [6.07, 6.45) is 1.45. The van der Waals surface area contributed by atoms with Gasteiger partial charge < -0.3 is 24.2 Å². The van der Waals surface area contributed by atoms with Crippen molar-refractivity contribution in [2.45, 2.75) is 20.0 Å². The minimum absolute atomic E-state index is 0.0398. The van der Waals surface area contributed by atoms with Crippen molar-refractivity contribution in [2.24, 2.45) is 0 Å². The lowest BCUT2D eigenvalue weighted by Gasteiger charge is -2.17. The number of carbonyl (C=O) groups is 3. The molecule has 1 unspecified atom stereocenters. The van der Waals surface area contributed by atoms with Crippen LogP contribution in [0.15, 0.2) is 29.9 Å². The number of nitro benzene ring substituents is 1. The van der Waals surface area contributed by atoms with Crippen LogP contribution >= 0.6 is 0 Å². The summed E-state index contributed by atoms with van der Waals surface area (Å²) in [7, 11) is 0. The lowest BCUT2D eigenvalue weighted by atomic mass is 10.1. The quantitative estimate of drug-likeness (QED) is 0.156. The second-order valence-electron chi connectivity index (χ2n) is 6.29. The minimum atomic E-state index is -1.33. The summed E-state index contributed by atoms with van der Waals surface area (Å²) in [6, 6.07) is 3.69. The molecule has 1 heterocycles. The molecular formula is C20H19N3O9. The molecule has 2 rings (SSSR count). The topological polar surface area (TPSA) is 169 Å². The Morgan fingerprint density at radius 1 is 1.38 bits per heavy atom. The number of cyclic esters (lactones) is 1. The summed E-state index contributed by atoms with van der Waals surface area (Å²) in [5, 5.41) is 30.7. The number of nitro groups is 1. The van der Waals surface area contributed by atoms with E-state index in [-0.39, 0.29) is 17.7 Å². The van der Waals surface area contributed by atoms with Gasteiger partial charge in [-0.1, -0.05) is 0 Å². The van der Waals surface area contributed by atoms with Gasteiger partial charge >= 0.3 is 17.8 Å². The highest BCUT2D eigenvalue weighted by Crippen LogP contribution is 2.38. The van der Waals surface area contributed by atoms with Gasteiger partial charge in [-0.25, -0.2) is 9.59 Å². The van der Waals surface area contributed by atoms with Gasteiger partial charge in [-0.15, -0.1) is 0 Å². The number of phenolic OH excluding ortho intramolecular Hbond substituents is 1. The number of hydrogen-bond acceptors (Lipinski definition) is 10. The molecule has 0 radical (unpaired) electrons. The average Bonchev–Trinajstić information content (AvgIpc) is 3.18. The summed E-state index contributed by atoms with van der Waals surface area (Å²) in [5.74, 6) is -2.77. The number of aromatic hydroxyl groups is 1. The number of amides is 1. The first kappa shape index (κ1) is 23.9. The van der Waals surface area contributed by atoms with E-state index in [9.17, 15) is 34.9 Å². The smallest absolute Gasteiger partial charge is 0.499 e. The molecule has 0 bridgehead atoms. The number of likely N-dealkylation sites (N-methyl/N-ethyl adjacent to an activating group) is 1. The largest absolute Gasteiger partial charge is 0.514 e. The number of esters is 1. The van der Waals surface area contributed by atoms with Gasteiger partial charge in [-0.2, -0.15) is 5.26 Å². The zero-order valence-corrected chi connectivity index (χ0v) is 17.1. The van der Waals surface area contributed by atoms with Crippen LogP contribution < -0.4 is 4.74 Å². The number of rotatable bonds is 8. The SMILES string of the molecule is CCN(CC)C(=O)C(C#N)=Cc1cc(OC(=O)OCC2C=CC(=O)O2)c(O)c([N+](=O)[O-])c1. The van der Waals surface area contributed by atoms with Gasteiger partial charge in [-0.05, 0) is 37.6 Å². The van der Waals surface area contributed by atoms with Crippen LogP contribution in [0.3, 0.4) is 0 Å². The summed E-state index contributed by atoms with van der Waals surface area (Å²) in [5.41, 5.74) is -1.17. The third kappa shape index (κ3) is 5.82. The second kappa shape index (κ2) is 10.6. The Labute approximate surface area is 182 Å². The number of hydrogen-bond donors (Lipinski definition) is 1. The van der Waals surface area contributed by atoms with E-state index < -0.39 is 46.2 Å². The Morgan fingerprint density at radius 2 is 2.06 bits per heavy atom. The van der Waals surface area contributed by atoms with Gasteiger partial charge in [0.2, 0.25) is 5.75 Å². The number of phenols is 1. The van der Waals surface area contributed by atoms with Gasteiger partial charge in [0.15, 0.2) is 11.9 Å². The molecule has 1 aromatic carbocycles. The maximum absolute atomic E-state index is 12.4. The van der Waals surface area contributed by atoms with E-state index in [0.717, 1.165) is 24.3 Å². The van der Waals surface area contributed by atoms with Gasteiger partial charge in [0, 0.05) is 25.2 Å². The monoisotopic (exact) mass is 445 g/mol. The fourth-order valence-electron chi connectivity index (χ4n) is 2.68. The van der Waals surface area contributed by atoms with E-state index in [1.807, 2.05) is 0 Å². The van der Waals surface area contributed by atoms with Crippen LogP contribution in [0, 0.1) is 21.4 Å². The predicted octanol–water partition coefficient (Wildman–Crippen LogP) is 2.07. The lowest BCUT2D eigenvalue weighted by molar-refractivity contribution is -0.385. The van der Waals surface area contributed by atoms with Crippen LogP contribution in [0.5, 0.6) is 11.5 Å². The summed E-state index contributed by atoms with van der Waals surface area (Å²) in [6.45, 7) is 3.76. The van der Waals surface area contributed by atoms with Crippen molar-refractivity contribution in [2.75, 3.05) is 19.7 Å². The summed E-state index contributed by atoms with van der Waals surface area (Å²) >= 11 is 0. The van der Waals surface area contributed by atoms with E-state index >= 15 is 0 Å². The van der Waals surface area contributed by atoms with Gasteiger partial charge in [0.25, 0.3) is 5.91 Å². The van der Waals surface area contributed by atoms with Crippen molar-refractivity contribution in [3.05, 3.63) is 45.5 Å². The highest BCUT2D eigenvalue weighted by Gasteiger charge is 2.25. The summed E-state index contributed by atoms with van der Waals surface area (Å²) in [4.78, 5) is 47.1. The number of nitrogens with zero attached hydrogens (tertiary/aromatic N) is 3. The maximum atomic E-state index is 12.4. The number of nitriles is 1. The van der Waals surface area contributed by atoms with Gasteiger partial charge in [-0.3, -0.25) is 14.9 Å². The lowest BCUT2D eigenvalue weighted by Crippen LogP contribution is -2.31. The van der Waals surface area contributed by atoms with Crippen molar-refractivity contribution < 1.29 is 38.6 Å². The van der Waals surface area contributed by atoms with Gasteiger partial charge in [0.1, 0.15) is 18.2 Å². The van der Waals surface area contributed by atoms with Crippen molar-refractivity contribution in [3.8, 4) is 17.6 Å². The van der Waals surface area contributed by atoms with E-state index in [4.69, 9.17) is 14.2 Å². The number of ether oxygens (including phenoxy) is 3. The molecule has 1 N–H and O–H groups in total. The van der Waals surface area contributed by atoms with Crippen LogP contribution in [-0.2, 0) is 19.1 Å². The number of benzene rings is 1. The fourth-order valence-corrected chi connectivity index (χ4v) is 2.68. The molecule has 1 aliphatic heterocycles. The minimum Gasteiger partial charge on any atom is -0.499 e. The fraction of sp³-hybridized carbons (Fsp3) is 0.300. The first-order valence-corrected chi connectivity index (χ1v) is 9.36. The van der Waals surface area contributed by atoms with Crippen LogP contribution in [0.4, 0.5) is 10.5 Å². The molecule has 1 atom stereocenters. The molecule has 12 nitrogen and oxygen atoms in total. The molecule has 0 saturated heterocycles. The Bertz CT molecular complexity index is 1040. The molecule has 0 aliphatic carbocycles. The predicted molar refractivity (Wildman–Crippen MR) is 107 cm³/mol. The maximum Gasteiger partial charge on any atom is 0.514 e. The molecule has 0 saturated carbocycles. The van der Waals surface area contributed by atoms with Gasteiger partial charge in [0.05, 0.1) is 4.92 Å². The average molecular weight is 445 g/mol. The zero-order valence-electron chi connectivity index (χ0n) is 17.1. The molecule has 1 aromatic rings. The van der Waals surface area contributed by atoms with E-state index in [2.05, 4.69) is 0 Å². The molecule has 32 heavy (non-hydrogen) atoms. The third-order valence-corrected chi connectivity index (χ3v) is 4.26. The molecule has 1 aliphatic rings. The molecule has 0 spiro atoms. The first-order valence-electron chi connectivity index (χ1n) is 9.36. The van der Waals surface area contributed by atoms with Crippen molar-refractivity contribution in [1.29, 1.82) is 5.26 Å². The van der Waals surface area contributed by atoms with Crippen LogP contribution in [0.25, 0.3) is 6.08 Å². The Hall–Kier alpha value is -4.40.